The highest BCUT2D eigenvalue weighted by Gasteiger charge is 2.23. The normalized spacial score (nSPS) is 11.9. The van der Waals surface area contributed by atoms with Gasteiger partial charge in [0.05, 0.1) is 0 Å². The molecule has 214 valence electrons. The van der Waals surface area contributed by atoms with Crippen LogP contribution in [-0.2, 0) is 0 Å². The lowest BCUT2D eigenvalue weighted by Crippen LogP contribution is -1.91. The van der Waals surface area contributed by atoms with Crippen LogP contribution in [0.15, 0.2) is 162 Å². The van der Waals surface area contributed by atoms with Gasteiger partial charge >= 0.3 is 0 Å². The maximum absolute atomic E-state index is 6.41. The largest absolute Gasteiger partial charge is 0.456 e. The Balaban J connectivity index is 1.34. The molecule has 8 aromatic carbocycles. The van der Waals surface area contributed by atoms with Crippen LogP contribution in [0.5, 0.6) is 0 Å². The minimum absolute atomic E-state index is 0.927. The number of benzene rings is 8. The van der Waals surface area contributed by atoms with Crippen LogP contribution in [0.3, 0.4) is 0 Å². The lowest BCUT2D eigenvalue weighted by atomic mass is 9.86. The van der Waals surface area contributed by atoms with Crippen molar-refractivity contribution in [2.24, 2.45) is 0 Å². The minimum atomic E-state index is 0.927. The summed E-state index contributed by atoms with van der Waals surface area (Å²) in [6.45, 7) is 0. The van der Waals surface area contributed by atoms with Crippen LogP contribution in [0, 0.1) is 0 Å². The third-order valence-electron chi connectivity index (χ3n) is 9.45. The number of fused-ring (bicyclic) bond motifs is 7. The summed E-state index contributed by atoms with van der Waals surface area (Å²) in [6.07, 6.45) is 0. The smallest absolute Gasteiger partial charge is 0.136 e. The van der Waals surface area contributed by atoms with E-state index in [1.807, 2.05) is 17.4 Å². The predicted octanol–water partition coefficient (Wildman–Crippen LogP) is 13.3. The van der Waals surface area contributed by atoms with E-state index in [4.69, 9.17) is 4.42 Å². The summed E-state index contributed by atoms with van der Waals surface area (Å²) in [5.41, 5.74) is 8.14. The average Bonchev–Trinajstić information content (AvgIpc) is 3.67. The van der Waals surface area contributed by atoms with Crippen molar-refractivity contribution in [3.63, 3.8) is 0 Å². The molecule has 0 amide bonds. The van der Waals surface area contributed by atoms with Crippen LogP contribution in [0.4, 0.5) is 0 Å². The van der Waals surface area contributed by atoms with E-state index in [0.717, 1.165) is 21.9 Å². The van der Waals surface area contributed by atoms with Gasteiger partial charge in [0.1, 0.15) is 11.2 Å². The molecule has 10 rings (SSSR count). The summed E-state index contributed by atoms with van der Waals surface area (Å²) < 4.78 is 7.67. The highest BCUT2D eigenvalue weighted by atomic mass is 32.1. The Bertz CT molecular complexity index is 2740. The first-order chi connectivity index (χ1) is 22.8. The zero-order valence-corrected chi connectivity index (χ0v) is 25.6. The van der Waals surface area contributed by atoms with E-state index in [2.05, 4.69) is 152 Å². The molecule has 0 radical (unpaired) electrons. The van der Waals surface area contributed by atoms with Crippen molar-refractivity contribution in [2.75, 3.05) is 0 Å². The summed E-state index contributed by atoms with van der Waals surface area (Å²) in [6, 6.07) is 57.2. The molecule has 46 heavy (non-hydrogen) atoms. The quantitative estimate of drug-likeness (QED) is 0.183. The van der Waals surface area contributed by atoms with E-state index in [1.165, 1.54) is 75.1 Å². The summed E-state index contributed by atoms with van der Waals surface area (Å²) in [5.74, 6) is 0. The second-order valence-electron chi connectivity index (χ2n) is 12.0. The van der Waals surface area contributed by atoms with Gasteiger partial charge in [-0.15, -0.1) is 11.3 Å². The van der Waals surface area contributed by atoms with Crippen LogP contribution in [0.2, 0.25) is 0 Å². The van der Waals surface area contributed by atoms with Gasteiger partial charge < -0.3 is 4.42 Å². The van der Waals surface area contributed by atoms with E-state index >= 15 is 0 Å². The Labute approximate surface area is 269 Å². The molecule has 2 aromatic heterocycles. The fraction of sp³-hybridized carbons (Fsp3) is 0. The number of hydrogen-bond acceptors (Lipinski definition) is 2. The second kappa shape index (κ2) is 9.90. The van der Waals surface area contributed by atoms with E-state index in [-0.39, 0.29) is 0 Å². The van der Waals surface area contributed by atoms with E-state index in [0.29, 0.717) is 0 Å². The Morgan fingerprint density at radius 3 is 1.70 bits per heavy atom. The Kier molecular flexibility index (Phi) is 5.51. The van der Waals surface area contributed by atoms with E-state index in [1.54, 1.807) is 0 Å². The maximum atomic E-state index is 6.41. The fourth-order valence-electron chi connectivity index (χ4n) is 7.41. The van der Waals surface area contributed by atoms with Gasteiger partial charge in [0.25, 0.3) is 0 Å². The van der Waals surface area contributed by atoms with Gasteiger partial charge in [0.15, 0.2) is 0 Å². The predicted molar refractivity (Wildman–Crippen MR) is 198 cm³/mol. The molecule has 0 aliphatic heterocycles. The van der Waals surface area contributed by atoms with E-state index < -0.39 is 0 Å². The molecule has 2 heterocycles. The molecule has 0 aliphatic carbocycles. The molecule has 0 fully saturated rings. The van der Waals surface area contributed by atoms with Gasteiger partial charge in [-0.2, -0.15) is 0 Å². The molecule has 0 bridgehead atoms. The molecule has 0 aliphatic rings. The Hall–Kier alpha value is -5.70. The first-order valence-electron chi connectivity index (χ1n) is 15.7. The molecule has 1 nitrogen and oxygen atoms in total. The van der Waals surface area contributed by atoms with Crippen LogP contribution < -0.4 is 0 Å². The zero-order chi connectivity index (χ0) is 30.2. The Morgan fingerprint density at radius 1 is 0.348 bits per heavy atom. The van der Waals surface area contributed by atoms with Crippen molar-refractivity contribution < 1.29 is 4.42 Å². The van der Waals surface area contributed by atoms with Crippen LogP contribution in [-0.4, -0.2) is 0 Å². The van der Waals surface area contributed by atoms with Gasteiger partial charge in [-0.05, 0) is 73.3 Å². The summed E-state index contributed by atoms with van der Waals surface area (Å²) in [5, 5.41) is 11.1. The molecular formula is C44H26OS. The van der Waals surface area contributed by atoms with Crippen molar-refractivity contribution in [1.29, 1.82) is 0 Å². The molecule has 0 spiro atoms. The number of thiophene rings is 1. The maximum Gasteiger partial charge on any atom is 0.136 e. The molecule has 0 saturated heterocycles. The van der Waals surface area contributed by atoms with Crippen molar-refractivity contribution >= 4 is 75.7 Å². The first-order valence-corrected chi connectivity index (χ1v) is 16.5. The first kappa shape index (κ1) is 25.6. The molecule has 0 saturated carbocycles. The van der Waals surface area contributed by atoms with Crippen molar-refractivity contribution in [3.8, 4) is 32.7 Å². The standard InChI is InChI=1S/C44H26OS/c1-2-13-28(14-3-1)42-37-25-39-36(31-16-10-11-21-38(31)45-39)26-40(37)46-44(42)43-34-19-8-6-17-32(34)41(33-18-7-9-20-35(33)43)30-23-22-27-12-4-5-15-29(27)24-30/h1-26H. The second-order valence-corrected chi connectivity index (χ2v) is 13.1. The van der Waals surface area contributed by atoms with Crippen LogP contribution in [0.25, 0.3) is 97.0 Å². The molecule has 2 heteroatoms. The number of rotatable bonds is 3. The third kappa shape index (κ3) is 3.74. The topological polar surface area (TPSA) is 13.1 Å². The van der Waals surface area contributed by atoms with Gasteiger partial charge in [0.2, 0.25) is 0 Å². The number of furan rings is 1. The fourth-order valence-corrected chi connectivity index (χ4v) is 8.73. The van der Waals surface area contributed by atoms with Crippen molar-refractivity contribution in [2.45, 2.75) is 0 Å². The van der Waals surface area contributed by atoms with Gasteiger partial charge in [-0.1, -0.05) is 133 Å². The van der Waals surface area contributed by atoms with E-state index in [9.17, 15) is 0 Å². The van der Waals surface area contributed by atoms with Gasteiger partial charge in [-0.3, -0.25) is 0 Å². The highest BCUT2D eigenvalue weighted by molar-refractivity contribution is 7.23. The number of para-hydroxylation sites is 1. The summed E-state index contributed by atoms with van der Waals surface area (Å²) >= 11 is 1.89. The van der Waals surface area contributed by atoms with Gasteiger partial charge in [0, 0.05) is 36.9 Å². The molecule has 10 aromatic rings. The summed E-state index contributed by atoms with van der Waals surface area (Å²) in [4.78, 5) is 1.29. The lowest BCUT2D eigenvalue weighted by molar-refractivity contribution is 0.669. The lowest BCUT2D eigenvalue weighted by Gasteiger charge is -2.18. The molecule has 0 atom stereocenters. The number of hydrogen-bond donors (Lipinski definition) is 0. The molecular weight excluding hydrogens is 577 g/mol. The van der Waals surface area contributed by atoms with Crippen molar-refractivity contribution in [1.82, 2.24) is 0 Å². The monoisotopic (exact) mass is 602 g/mol. The molecule has 0 unspecified atom stereocenters. The summed E-state index contributed by atoms with van der Waals surface area (Å²) in [7, 11) is 0. The van der Waals surface area contributed by atoms with Gasteiger partial charge in [-0.25, -0.2) is 0 Å². The average molecular weight is 603 g/mol. The molecule has 0 N–H and O–H groups in total. The minimum Gasteiger partial charge on any atom is -0.456 e. The third-order valence-corrected chi connectivity index (χ3v) is 10.6. The van der Waals surface area contributed by atoms with Crippen LogP contribution in [0.1, 0.15) is 0 Å². The van der Waals surface area contributed by atoms with Crippen molar-refractivity contribution in [3.05, 3.63) is 158 Å². The highest BCUT2D eigenvalue weighted by Crippen LogP contribution is 2.52. The SMILES string of the molecule is c1ccc(-c2c(-c3c4ccccc4c(-c4ccc5ccccc5c4)c4ccccc34)sc3cc4c(cc23)oc2ccccc24)cc1. The Morgan fingerprint density at radius 2 is 0.957 bits per heavy atom. The van der Waals surface area contributed by atoms with Crippen LogP contribution >= 0.6 is 11.3 Å². The zero-order valence-electron chi connectivity index (χ0n) is 24.8.